The number of ether oxygens (including phenoxy) is 1. The summed E-state index contributed by atoms with van der Waals surface area (Å²) in [4.78, 5) is 23.8. The molecule has 0 aliphatic carbocycles. The number of hydrogen-bond donors (Lipinski definition) is 3. The Kier molecular flexibility index (Phi) is 5.94. The highest BCUT2D eigenvalue weighted by Crippen LogP contribution is 2.34. The van der Waals surface area contributed by atoms with E-state index >= 15 is 0 Å². The number of benzene rings is 2. The molecule has 1 aliphatic rings. The zero-order valence-corrected chi connectivity index (χ0v) is 15.8. The van der Waals surface area contributed by atoms with Crippen LogP contribution >= 0.6 is 0 Å². The third-order valence-electron chi connectivity index (χ3n) is 5.24. The number of rotatable bonds is 5. The lowest BCUT2D eigenvalue weighted by Crippen LogP contribution is -2.45. The average molecular weight is 385 g/mol. The van der Waals surface area contributed by atoms with E-state index in [2.05, 4.69) is 10.6 Å². The molecule has 6 nitrogen and oxygen atoms in total. The predicted molar refractivity (Wildman–Crippen MR) is 105 cm³/mol. The lowest BCUT2D eigenvalue weighted by atomic mass is 9.74. The Morgan fingerprint density at radius 3 is 2.61 bits per heavy atom. The molecule has 0 atom stereocenters. The molecule has 4 N–H and O–H groups in total. The van der Waals surface area contributed by atoms with E-state index in [1.165, 1.54) is 12.1 Å². The molecular formula is C21H24FN3O3. The molecule has 1 aliphatic heterocycles. The number of urea groups is 1. The van der Waals surface area contributed by atoms with Gasteiger partial charge in [-0.25, -0.2) is 9.18 Å². The molecule has 28 heavy (non-hydrogen) atoms. The number of nitrogens with two attached hydrogens (primary N) is 1. The topological polar surface area (TPSA) is 93.5 Å². The molecule has 2 aromatic carbocycles. The van der Waals surface area contributed by atoms with Gasteiger partial charge in [0.25, 0.3) is 0 Å². The van der Waals surface area contributed by atoms with Crippen LogP contribution in [0.4, 0.5) is 14.9 Å². The normalized spacial score (nSPS) is 15.6. The Hall–Kier alpha value is -2.93. The van der Waals surface area contributed by atoms with Gasteiger partial charge in [-0.1, -0.05) is 18.2 Å². The number of halogens is 1. The van der Waals surface area contributed by atoms with Crippen molar-refractivity contribution in [3.63, 3.8) is 0 Å². The van der Waals surface area contributed by atoms with Gasteiger partial charge in [-0.05, 0) is 55.2 Å². The first-order valence-corrected chi connectivity index (χ1v) is 9.19. The number of aryl methyl sites for hydroxylation is 1. The van der Waals surface area contributed by atoms with Gasteiger partial charge in [-0.15, -0.1) is 0 Å². The van der Waals surface area contributed by atoms with Crippen molar-refractivity contribution < 1.29 is 18.7 Å². The Bertz CT molecular complexity index is 879. The number of anilines is 1. The fourth-order valence-corrected chi connectivity index (χ4v) is 3.47. The Morgan fingerprint density at radius 1 is 1.18 bits per heavy atom. The van der Waals surface area contributed by atoms with E-state index < -0.39 is 11.9 Å². The Labute approximate surface area is 163 Å². The summed E-state index contributed by atoms with van der Waals surface area (Å²) >= 11 is 0. The predicted octanol–water partition coefficient (Wildman–Crippen LogP) is 3.10. The zero-order chi connectivity index (χ0) is 20.1. The van der Waals surface area contributed by atoms with Crippen molar-refractivity contribution in [1.82, 2.24) is 5.32 Å². The first kappa shape index (κ1) is 19.8. The first-order valence-electron chi connectivity index (χ1n) is 9.19. The van der Waals surface area contributed by atoms with Gasteiger partial charge >= 0.3 is 6.03 Å². The summed E-state index contributed by atoms with van der Waals surface area (Å²) < 4.78 is 19.2. The van der Waals surface area contributed by atoms with Crippen molar-refractivity contribution in [3.8, 4) is 0 Å². The van der Waals surface area contributed by atoms with Crippen molar-refractivity contribution in [2.24, 2.45) is 5.73 Å². The van der Waals surface area contributed by atoms with Crippen molar-refractivity contribution in [2.45, 2.75) is 25.2 Å². The van der Waals surface area contributed by atoms with Crippen LogP contribution in [0.15, 0.2) is 42.5 Å². The van der Waals surface area contributed by atoms with Gasteiger partial charge in [0.1, 0.15) is 5.82 Å². The second-order valence-corrected chi connectivity index (χ2v) is 7.10. The molecule has 2 aromatic rings. The van der Waals surface area contributed by atoms with Crippen LogP contribution in [-0.4, -0.2) is 31.7 Å². The smallest absolute Gasteiger partial charge is 0.319 e. The molecule has 0 unspecified atom stereocenters. The average Bonchev–Trinajstić information content (AvgIpc) is 2.68. The molecule has 0 bridgehead atoms. The SMILES string of the molecule is Cc1ccc(C(N)=O)cc1NC(=O)NCC1(c2cccc(F)c2)CCOCC1. The summed E-state index contributed by atoms with van der Waals surface area (Å²) in [5, 5.41) is 5.65. The molecule has 3 amide bonds. The minimum atomic E-state index is -0.560. The van der Waals surface area contributed by atoms with E-state index in [1.807, 2.05) is 13.0 Å². The fourth-order valence-electron chi connectivity index (χ4n) is 3.47. The van der Waals surface area contributed by atoms with E-state index in [1.54, 1.807) is 24.3 Å². The number of primary amides is 1. The number of carbonyl (C=O) groups excluding carboxylic acids is 2. The van der Waals surface area contributed by atoms with Crippen LogP contribution in [0.1, 0.15) is 34.3 Å². The van der Waals surface area contributed by atoms with Crippen molar-refractivity contribution in [2.75, 3.05) is 25.1 Å². The molecule has 148 valence electrons. The van der Waals surface area contributed by atoms with E-state index in [0.29, 0.717) is 43.9 Å². The van der Waals surface area contributed by atoms with Gasteiger partial charge < -0.3 is 21.1 Å². The molecule has 7 heteroatoms. The summed E-state index contributed by atoms with van der Waals surface area (Å²) in [7, 11) is 0. The van der Waals surface area contributed by atoms with Gasteiger partial charge in [0.15, 0.2) is 0 Å². The van der Waals surface area contributed by atoms with Crippen LogP contribution in [0.2, 0.25) is 0 Å². The summed E-state index contributed by atoms with van der Waals surface area (Å²) in [5.74, 6) is -0.859. The fraction of sp³-hybridized carbons (Fsp3) is 0.333. The Balaban J connectivity index is 1.73. The van der Waals surface area contributed by atoms with E-state index in [-0.39, 0.29) is 11.2 Å². The maximum absolute atomic E-state index is 13.8. The molecule has 1 heterocycles. The molecule has 0 spiro atoms. The van der Waals surface area contributed by atoms with Crippen molar-refractivity contribution in [3.05, 3.63) is 65.0 Å². The van der Waals surface area contributed by atoms with E-state index in [9.17, 15) is 14.0 Å². The number of hydrogen-bond acceptors (Lipinski definition) is 3. The number of amides is 3. The molecule has 0 saturated carbocycles. The number of carbonyl (C=O) groups is 2. The van der Waals surface area contributed by atoms with Crippen LogP contribution in [-0.2, 0) is 10.2 Å². The molecule has 0 radical (unpaired) electrons. The second kappa shape index (κ2) is 8.39. The minimum absolute atomic E-state index is 0.299. The summed E-state index contributed by atoms with van der Waals surface area (Å²) in [6, 6.07) is 11.0. The van der Waals surface area contributed by atoms with Crippen LogP contribution in [0.5, 0.6) is 0 Å². The highest BCUT2D eigenvalue weighted by Gasteiger charge is 2.35. The zero-order valence-electron chi connectivity index (χ0n) is 15.8. The largest absolute Gasteiger partial charge is 0.381 e. The minimum Gasteiger partial charge on any atom is -0.381 e. The highest BCUT2D eigenvalue weighted by atomic mass is 19.1. The molecule has 1 fully saturated rings. The van der Waals surface area contributed by atoms with Crippen molar-refractivity contribution >= 4 is 17.6 Å². The van der Waals surface area contributed by atoms with Gasteiger partial charge in [-0.2, -0.15) is 0 Å². The summed E-state index contributed by atoms with van der Waals surface area (Å²) in [6.45, 7) is 3.28. The number of nitrogens with one attached hydrogen (secondary N) is 2. The monoisotopic (exact) mass is 385 g/mol. The quantitative estimate of drug-likeness (QED) is 0.738. The molecule has 1 saturated heterocycles. The maximum atomic E-state index is 13.8. The van der Waals surface area contributed by atoms with Gasteiger partial charge in [-0.3, -0.25) is 4.79 Å². The van der Waals surface area contributed by atoms with Crippen molar-refractivity contribution in [1.29, 1.82) is 0 Å². The van der Waals surface area contributed by atoms with Crippen LogP contribution in [0.3, 0.4) is 0 Å². The third kappa shape index (κ3) is 4.48. The standard InChI is InChI=1S/C21H24FN3O3/c1-14-5-6-15(19(23)26)11-18(14)25-20(27)24-13-21(7-9-28-10-8-21)16-3-2-4-17(22)12-16/h2-6,11-12H,7-10,13H2,1H3,(H2,23,26)(H2,24,25,27). The summed E-state index contributed by atoms with van der Waals surface area (Å²) in [6.07, 6.45) is 1.37. The van der Waals surface area contributed by atoms with E-state index in [0.717, 1.165) is 11.1 Å². The lowest BCUT2D eigenvalue weighted by molar-refractivity contribution is 0.0507. The van der Waals surface area contributed by atoms with Crippen LogP contribution in [0, 0.1) is 12.7 Å². The van der Waals surface area contributed by atoms with Gasteiger partial charge in [0.05, 0.1) is 0 Å². The summed E-state index contributed by atoms with van der Waals surface area (Å²) in [5.41, 5.74) is 7.41. The Morgan fingerprint density at radius 2 is 1.93 bits per heavy atom. The molecular weight excluding hydrogens is 361 g/mol. The van der Waals surface area contributed by atoms with Crippen LogP contribution in [0.25, 0.3) is 0 Å². The molecule has 3 rings (SSSR count). The first-order chi connectivity index (χ1) is 13.4. The van der Waals surface area contributed by atoms with Gasteiger partial charge in [0, 0.05) is 36.4 Å². The lowest BCUT2D eigenvalue weighted by Gasteiger charge is -2.38. The van der Waals surface area contributed by atoms with Crippen LogP contribution < -0.4 is 16.4 Å². The highest BCUT2D eigenvalue weighted by molar-refractivity contribution is 5.96. The molecule has 0 aromatic heterocycles. The maximum Gasteiger partial charge on any atom is 0.319 e. The van der Waals surface area contributed by atoms with Gasteiger partial charge in [0.2, 0.25) is 5.91 Å². The van der Waals surface area contributed by atoms with E-state index in [4.69, 9.17) is 10.5 Å². The third-order valence-corrected chi connectivity index (χ3v) is 5.24. The second-order valence-electron chi connectivity index (χ2n) is 7.10.